The van der Waals surface area contributed by atoms with Crippen molar-refractivity contribution in [1.82, 2.24) is 9.80 Å². The van der Waals surface area contributed by atoms with E-state index in [2.05, 4.69) is 4.90 Å². The van der Waals surface area contributed by atoms with E-state index in [0.717, 1.165) is 25.3 Å². The van der Waals surface area contributed by atoms with E-state index in [1.807, 2.05) is 12.1 Å². The van der Waals surface area contributed by atoms with Crippen LogP contribution < -0.4 is 5.73 Å². The van der Waals surface area contributed by atoms with Crippen LogP contribution in [0.1, 0.15) is 12.2 Å². The van der Waals surface area contributed by atoms with E-state index >= 15 is 0 Å². The van der Waals surface area contributed by atoms with Crippen molar-refractivity contribution >= 4 is 5.91 Å². The summed E-state index contributed by atoms with van der Waals surface area (Å²) in [4.78, 5) is 15.7. The number of rotatable bonds is 4. The largest absolute Gasteiger partial charge is 0.467 e. The number of furan rings is 1. The molecular formula is C12H19N3O2. The number of likely N-dealkylation sites (N-methyl/N-ethyl adjacent to an activating group) is 1. The molecule has 1 aliphatic heterocycles. The molecule has 0 radical (unpaired) electrons. The Morgan fingerprint density at radius 1 is 1.71 bits per heavy atom. The number of hydrogen-bond acceptors (Lipinski definition) is 4. The maximum Gasteiger partial charge on any atom is 0.236 e. The molecule has 1 fully saturated rings. The second kappa shape index (κ2) is 5.33. The molecule has 1 atom stereocenters. The summed E-state index contributed by atoms with van der Waals surface area (Å²) in [6.07, 6.45) is 2.60. The lowest BCUT2D eigenvalue weighted by Gasteiger charge is -2.20. The summed E-state index contributed by atoms with van der Waals surface area (Å²) >= 11 is 0. The van der Waals surface area contributed by atoms with E-state index in [1.54, 1.807) is 18.2 Å². The van der Waals surface area contributed by atoms with Gasteiger partial charge in [-0.15, -0.1) is 0 Å². The van der Waals surface area contributed by atoms with Crippen LogP contribution in [0.15, 0.2) is 22.8 Å². The molecule has 1 aromatic rings. The molecule has 1 amide bonds. The summed E-state index contributed by atoms with van der Waals surface area (Å²) in [7, 11) is 1.79. The smallest absolute Gasteiger partial charge is 0.236 e. The van der Waals surface area contributed by atoms with Crippen LogP contribution in [-0.4, -0.2) is 48.4 Å². The molecule has 1 unspecified atom stereocenters. The first kappa shape index (κ1) is 12.1. The normalized spacial score (nSPS) is 20.7. The Kier molecular flexibility index (Phi) is 3.81. The minimum Gasteiger partial charge on any atom is -0.467 e. The second-order valence-corrected chi connectivity index (χ2v) is 4.61. The Balaban J connectivity index is 1.79. The lowest BCUT2D eigenvalue weighted by Crippen LogP contribution is -2.38. The molecular weight excluding hydrogens is 218 g/mol. The molecule has 1 saturated heterocycles. The molecule has 2 heterocycles. The average Bonchev–Trinajstić information content (AvgIpc) is 2.90. The summed E-state index contributed by atoms with van der Waals surface area (Å²) in [5, 5.41) is 0. The maximum atomic E-state index is 11.9. The summed E-state index contributed by atoms with van der Waals surface area (Å²) in [6.45, 7) is 2.71. The first-order chi connectivity index (χ1) is 8.15. The fourth-order valence-corrected chi connectivity index (χ4v) is 2.04. The highest BCUT2D eigenvalue weighted by atomic mass is 16.3. The van der Waals surface area contributed by atoms with Gasteiger partial charge < -0.3 is 15.1 Å². The Morgan fingerprint density at radius 3 is 3.12 bits per heavy atom. The van der Waals surface area contributed by atoms with Gasteiger partial charge in [0.2, 0.25) is 5.91 Å². The van der Waals surface area contributed by atoms with Crippen LogP contribution in [0, 0.1) is 0 Å². The number of carbonyl (C=O) groups excluding carboxylic acids is 1. The second-order valence-electron chi connectivity index (χ2n) is 4.61. The Labute approximate surface area is 101 Å². The van der Waals surface area contributed by atoms with Crippen molar-refractivity contribution in [1.29, 1.82) is 0 Å². The molecule has 0 bridgehead atoms. The summed E-state index contributed by atoms with van der Waals surface area (Å²) in [5.74, 6) is 0.912. The number of nitrogens with two attached hydrogens (primary N) is 1. The third kappa shape index (κ3) is 3.31. The number of carbonyl (C=O) groups is 1. The Bertz CT molecular complexity index is 364. The van der Waals surface area contributed by atoms with Crippen molar-refractivity contribution in [2.45, 2.75) is 19.0 Å². The number of amides is 1. The van der Waals surface area contributed by atoms with Crippen molar-refractivity contribution in [3.8, 4) is 0 Å². The predicted octanol–water partition coefficient (Wildman–Crippen LogP) is 0.271. The lowest BCUT2D eigenvalue weighted by molar-refractivity contribution is -0.131. The fourth-order valence-electron chi connectivity index (χ4n) is 2.04. The highest BCUT2D eigenvalue weighted by Gasteiger charge is 2.22. The van der Waals surface area contributed by atoms with Crippen LogP contribution >= 0.6 is 0 Å². The van der Waals surface area contributed by atoms with Gasteiger partial charge in [0.15, 0.2) is 0 Å². The van der Waals surface area contributed by atoms with E-state index in [9.17, 15) is 4.79 Å². The quantitative estimate of drug-likeness (QED) is 0.816. The van der Waals surface area contributed by atoms with E-state index in [4.69, 9.17) is 10.2 Å². The molecule has 5 heteroatoms. The molecule has 5 nitrogen and oxygen atoms in total. The highest BCUT2D eigenvalue weighted by Crippen LogP contribution is 2.08. The van der Waals surface area contributed by atoms with Crippen LogP contribution in [0.5, 0.6) is 0 Å². The molecule has 2 rings (SSSR count). The first-order valence-corrected chi connectivity index (χ1v) is 5.89. The SMILES string of the molecule is CN(Cc1ccco1)C(=O)CN1CCC(N)C1. The number of likely N-dealkylation sites (tertiary alicyclic amines) is 1. The monoisotopic (exact) mass is 237 g/mol. The van der Waals surface area contributed by atoms with Gasteiger partial charge in [0.1, 0.15) is 5.76 Å². The van der Waals surface area contributed by atoms with Gasteiger partial charge in [-0.3, -0.25) is 9.69 Å². The van der Waals surface area contributed by atoms with Gasteiger partial charge in [-0.1, -0.05) is 0 Å². The van der Waals surface area contributed by atoms with E-state index < -0.39 is 0 Å². The zero-order chi connectivity index (χ0) is 12.3. The van der Waals surface area contributed by atoms with Gasteiger partial charge in [0, 0.05) is 26.2 Å². The van der Waals surface area contributed by atoms with Gasteiger partial charge in [-0.25, -0.2) is 0 Å². The van der Waals surface area contributed by atoms with E-state index in [-0.39, 0.29) is 11.9 Å². The fraction of sp³-hybridized carbons (Fsp3) is 0.583. The Morgan fingerprint density at radius 2 is 2.53 bits per heavy atom. The van der Waals surface area contributed by atoms with Crippen molar-refractivity contribution in [2.75, 3.05) is 26.7 Å². The third-order valence-corrected chi connectivity index (χ3v) is 3.07. The number of nitrogens with zero attached hydrogens (tertiary/aromatic N) is 2. The molecule has 17 heavy (non-hydrogen) atoms. The topological polar surface area (TPSA) is 62.7 Å². The van der Waals surface area contributed by atoms with Gasteiger partial charge in [0.05, 0.1) is 19.4 Å². The van der Waals surface area contributed by atoms with E-state index in [1.165, 1.54) is 0 Å². The maximum absolute atomic E-state index is 11.9. The van der Waals surface area contributed by atoms with Gasteiger partial charge in [0.25, 0.3) is 0 Å². The van der Waals surface area contributed by atoms with Crippen molar-refractivity contribution in [3.05, 3.63) is 24.2 Å². The van der Waals surface area contributed by atoms with Crippen LogP contribution in [0.3, 0.4) is 0 Å². The van der Waals surface area contributed by atoms with Crippen molar-refractivity contribution in [3.63, 3.8) is 0 Å². The van der Waals surface area contributed by atoms with Crippen molar-refractivity contribution < 1.29 is 9.21 Å². The molecule has 1 aliphatic rings. The van der Waals surface area contributed by atoms with Crippen LogP contribution in [0.4, 0.5) is 0 Å². The van der Waals surface area contributed by atoms with Gasteiger partial charge in [-0.05, 0) is 18.6 Å². The molecule has 94 valence electrons. The van der Waals surface area contributed by atoms with Crippen molar-refractivity contribution in [2.24, 2.45) is 5.73 Å². The molecule has 0 aliphatic carbocycles. The van der Waals surface area contributed by atoms with Crippen LogP contribution in [-0.2, 0) is 11.3 Å². The summed E-state index contributed by atoms with van der Waals surface area (Å²) in [5.41, 5.74) is 5.81. The average molecular weight is 237 g/mol. The standard InChI is InChI=1S/C12H19N3O2/c1-14(8-11-3-2-6-17-11)12(16)9-15-5-4-10(13)7-15/h2-3,6,10H,4-5,7-9,13H2,1H3. The number of hydrogen-bond donors (Lipinski definition) is 1. The zero-order valence-electron chi connectivity index (χ0n) is 10.1. The summed E-state index contributed by atoms with van der Waals surface area (Å²) in [6, 6.07) is 3.92. The Hall–Kier alpha value is -1.33. The minimum atomic E-state index is 0.107. The molecule has 0 aromatic carbocycles. The van der Waals surface area contributed by atoms with Crippen LogP contribution in [0.25, 0.3) is 0 Å². The first-order valence-electron chi connectivity index (χ1n) is 5.89. The minimum absolute atomic E-state index is 0.107. The predicted molar refractivity (Wildman–Crippen MR) is 64.2 cm³/mol. The molecule has 0 saturated carbocycles. The molecule has 1 aromatic heterocycles. The highest BCUT2D eigenvalue weighted by molar-refractivity contribution is 5.77. The van der Waals surface area contributed by atoms with Crippen LogP contribution in [0.2, 0.25) is 0 Å². The van der Waals surface area contributed by atoms with Gasteiger partial charge >= 0.3 is 0 Å². The van der Waals surface area contributed by atoms with E-state index in [0.29, 0.717) is 13.1 Å². The zero-order valence-corrected chi connectivity index (χ0v) is 10.1. The third-order valence-electron chi connectivity index (χ3n) is 3.07. The summed E-state index contributed by atoms with van der Waals surface area (Å²) < 4.78 is 5.21. The molecule has 0 spiro atoms. The lowest BCUT2D eigenvalue weighted by atomic mass is 10.3. The molecule has 2 N–H and O–H groups in total. The van der Waals surface area contributed by atoms with Gasteiger partial charge in [-0.2, -0.15) is 0 Å².